The number of phenols is 1. The molecule has 0 spiro atoms. The maximum absolute atomic E-state index is 12.1. The van der Waals surface area contributed by atoms with Gasteiger partial charge < -0.3 is 10.0 Å². The van der Waals surface area contributed by atoms with Crippen molar-refractivity contribution in [2.45, 2.75) is 0 Å². The lowest BCUT2D eigenvalue weighted by Crippen LogP contribution is -2.21. The Balaban J connectivity index is 2.11. The molecule has 3 aromatic rings. The first-order valence-electron chi connectivity index (χ1n) is 7.54. The Hall–Kier alpha value is -3.14. The molecule has 0 saturated heterocycles. The highest BCUT2D eigenvalue weighted by molar-refractivity contribution is 6.02. The molecule has 0 bridgehead atoms. The van der Waals surface area contributed by atoms with Crippen molar-refractivity contribution < 1.29 is 14.7 Å². The van der Waals surface area contributed by atoms with E-state index in [1.807, 2.05) is 36.4 Å². The summed E-state index contributed by atoms with van der Waals surface area (Å²) in [4.78, 5) is 24.8. The molecule has 4 heteroatoms. The number of hydrogen-bond acceptors (Lipinski definition) is 3. The van der Waals surface area contributed by atoms with Crippen LogP contribution in [0.25, 0.3) is 21.9 Å². The molecule has 0 unspecified atom stereocenters. The minimum absolute atomic E-state index is 0.0242. The van der Waals surface area contributed by atoms with Crippen molar-refractivity contribution in [3.8, 4) is 16.9 Å². The highest BCUT2D eigenvalue weighted by atomic mass is 16.3. The van der Waals surface area contributed by atoms with Crippen LogP contribution in [0.3, 0.4) is 0 Å². The predicted octanol–water partition coefficient (Wildman–Crippen LogP) is 3.73. The summed E-state index contributed by atoms with van der Waals surface area (Å²) in [5, 5.41) is 11.3. The number of aldehydes is 1. The lowest BCUT2D eigenvalue weighted by molar-refractivity contribution is 0.0827. The van der Waals surface area contributed by atoms with Crippen LogP contribution in [0.5, 0.6) is 5.75 Å². The second kappa shape index (κ2) is 6.16. The van der Waals surface area contributed by atoms with Crippen LogP contribution in [0, 0.1) is 0 Å². The third-order valence-electron chi connectivity index (χ3n) is 4.01. The Morgan fingerprint density at radius 3 is 2.46 bits per heavy atom. The van der Waals surface area contributed by atoms with Gasteiger partial charge in [0, 0.05) is 19.7 Å². The Labute approximate surface area is 140 Å². The molecule has 0 heterocycles. The fourth-order valence-electron chi connectivity index (χ4n) is 2.74. The van der Waals surface area contributed by atoms with Crippen molar-refractivity contribution in [1.29, 1.82) is 0 Å². The molecular weight excluding hydrogens is 302 g/mol. The quantitative estimate of drug-likeness (QED) is 0.748. The van der Waals surface area contributed by atoms with Crippen LogP contribution in [0.4, 0.5) is 0 Å². The number of fused-ring (bicyclic) bond motifs is 1. The maximum atomic E-state index is 12.1. The van der Waals surface area contributed by atoms with Gasteiger partial charge in [0.1, 0.15) is 5.75 Å². The fourth-order valence-corrected chi connectivity index (χ4v) is 2.74. The number of benzene rings is 3. The summed E-state index contributed by atoms with van der Waals surface area (Å²) in [6.07, 6.45) is 0.660. The van der Waals surface area contributed by atoms with Crippen molar-refractivity contribution in [2.75, 3.05) is 14.1 Å². The maximum Gasteiger partial charge on any atom is 0.253 e. The molecule has 1 N–H and O–H groups in total. The number of carbonyl (C=O) groups is 2. The van der Waals surface area contributed by atoms with Gasteiger partial charge in [0.15, 0.2) is 6.29 Å². The minimum Gasteiger partial charge on any atom is -0.507 e. The van der Waals surface area contributed by atoms with Crippen LogP contribution >= 0.6 is 0 Å². The number of aromatic hydroxyl groups is 1. The monoisotopic (exact) mass is 319 g/mol. The van der Waals surface area contributed by atoms with Crippen molar-refractivity contribution in [1.82, 2.24) is 4.90 Å². The molecule has 0 aliphatic carbocycles. The highest BCUT2D eigenvalue weighted by Gasteiger charge is 2.10. The highest BCUT2D eigenvalue weighted by Crippen LogP contribution is 2.30. The molecule has 0 radical (unpaired) electrons. The largest absolute Gasteiger partial charge is 0.507 e. The standard InChI is InChI=1S/C20H17NO3/c1-21(2)20(24)16-5-3-4-13(11-16)14-6-8-17-15(10-14)7-9-19(23)18(17)12-22/h3-12,23H,1-2H3. The van der Waals surface area contributed by atoms with E-state index in [4.69, 9.17) is 0 Å². The number of hydrogen-bond donors (Lipinski definition) is 1. The van der Waals surface area contributed by atoms with Crippen LogP contribution < -0.4 is 0 Å². The molecule has 0 fully saturated rings. The van der Waals surface area contributed by atoms with Crippen molar-refractivity contribution in [3.05, 3.63) is 65.7 Å². The van der Waals surface area contributed by atoms with E-state index >= 15 is 0 Å². The van der Waals surface area contributed by atoms with Gasteiger partial charge in [-0.2, -0.15) is 0 Å². The fraction of sp³-hybridized carbons (Fsp3) is 0.100. The Morgan fingerprint density at radius 1 is 1.00 bits per heavy atom. The van der Waals surface area contributed by atoms with E-state index in [2.05, 4.69) is 0 Å². The number of carbonyl (C=O) groups excluding carboxylic acids is 2. The zero-order valence-corrected chi connectivity index (χ0v) is 13.5. The third kappa shape index (κ3) is 2.74. The summed E-state index contributed by atoms with van der Waals surface area (Å²) in [7, 11) is 3.44. The van der Waals surface area contributed by atoms with Gasteiger partial charge in [0.25, 0.3) is 5.91 Å². The summed E-state index contributed by atoms with van der Waals surface area (Å²) < 4.78 is 0. The molecule has 3 rings (SSSR count). The first kappa shape index (κ1) is 15.7. The van der Waals surface area contributed by atoms with E-state index in [1.165, 1.54) is 6.07 Å². The van der Waals surface area contributed by atoms with Crippen LogP contribution in [-0.4, -0.2) is 36.3 Å². The zero-order valence-electron chi connectivity index (χ0n) is 13.5. The van der Waals surface area contributed by atoms with Gasteiger partial charge in [-0.3, -0.25) is 9.59 Å². The SMILES string of the molecule is CN(C)C(=O)c1cccc(-c2ccc3c(C=O)c(O)ccc3c2)c1. The van der Waals surface area contributed by atoms with Crippen LogP contribution in [-0.2, 0) is 0 Å². The first-order valence-corrected chi connectivity index (χ1v) is 7.54. The average Bonchev–Trinajstić information content (AvgIpc) is 2.60. The molecule has 24 heavy (non-hydrogen) atoms. The summed E-state index contributed by atoms with van der Waals surface area (Å²) in [5.41, 5.74) is 2.77. The summed E-state index contributed by atoms with van der Waals surface area (Å²) in [5.74, 6) is -0.0744. The van der Waals surface area contributed by atoms with Gasteiger partial charge in [0.2, 0.25) is 0 Å². The molecule has 0 aliphatic rings. The molecule has 120 valence electrons. The van der Waals surface area contributed by atoms with Crippen molar-refractivity contribution in [2.24, 2.45) is 0 Å². The van der Waals surface area contributed by atoms with E-state index in [0.717, 1.165) is 16.5 Å². The predicted molar refractivity (Wildman–Crippen MR) is 94.5 cm³/mol. The molecular formula is C20H17NO3. The summed E-state index contributed by atoms with van der Waals surface area (Å²) in [6, 6.07) is 16.4. The van der Waals surface area contributed by atoms with Gasteiger partial charge in [-0.15, -0.1) is 0 Å². The summed E-state index contributed by atoms with van der Waals surface area (Å²) in [6.45, 7) is 0. The van der Waals surface area contributed by atoms with E-state index in [0.29, 0.717) is 17.2 Å². The Kier molecular flexibility index (Phi) is 4.04. The average molecular weight is 319 g/mol. The van der Waals surface area contributed by atoms with E-state index in [1.54, 1.807) is 31.1 Å². The lowest BCUT2D eigenvalue weighted by Gasteiger charge is -2.12. The number of nitrogens with zero attached hydrogens (tertiary/aromatic N) is 1. The number of amides is 1. The smallest absolute Gasteiger partial charge is 0.253 e. The molecule has 0 aliphatic heterocycles. The Bertz CT molecular complexity index is 945. The third-order valence-corrected chi connectivity index (χ3v) is 4.01. The molecule has 1 amide bonds. The first-order chi connectivity index (χ1) is 11.5. The van der Waals surface area contributed by atoms with Crippen LogP contribution in [0.1, 0.15) is 20.7 Å². The Morgan fingerprint density at radius 2 is 1.75 bits per heavy atom. The van der Waals surface area contributed by atoms with Crippen LogP contribution in [0.15, 0.2) is 54.6 Å². The van der Waals surface area contributed by atoms with Gasteiger partial charge in [-0.25, -0.2) is 0 Å². The van der Waals surface area contributed by atoms with Gasteiger partial charge in [0.05, 0.1) is 5.56 Å². The van der Waals surface area contributed by atoms with Crippen molar-refractivity contribution in [3.63, 3.8) is 0 Å². The van der Waals surface area contributed by atoms with E-state index in [-0.39, 0.29) is 17.2 Å². The lowest BCUT2D eigenvalue weighted by atomic mass is 9.97. The minimum atomic E-state index is -0.0502. The molecule has 0 atom stereocenters. The zero-order chi connectivity index (χ0) is 17.3. The second-order valence-corrected chi connectivity index (χ2v) is 5.83. The normalized spacial score (nSPS) is 10.6. The van der Waals surface area contributed by atoms with Gasteiger partial charge in [-0.1, -0.05) is 30.3 Å². The molecule has 0 saturated carbocycles. The van der Waals surface area contributed by atoms with Crippen molar-refractivity contribution >= 4 is 23.0 Å². The van der Waals surface area contributed by atoms with Gasteiger partial charge in [-0.05, 0) is 46.2 Å². The van der Waals surface area contributed by atoms with E-state index < -0.39 is 0 Å². The molecule has 3 aromatic carbocycles. The number of rotatable bonds is 3. The number of phenolic OH excluding ortho intramolecular Hbond substituents is 1. The molecule has 0 aromatic heterocycles. The summed E-state index contributed by atoms with van der Waals surface area (Å²) >= 11 is 0. The topological polar surface area (TPSA) is 57.6 Å². The molecule has 4 nitrogen and oxygen atoms in total. The second-order valence-electron chi connectivity index (χ2n) is 5.83. The van der Waals surface area contributed by atoms with E-state index in [9.17, 15) is 14.7 Å². The van der Waals surface area contributed by atoms with Crippen LogP contribution in [0.2, 0.25) is 0 Å². The van der Waals surface area contributed by atoms with Gasteiger partial charge >= 0.3 is 0 Å².